The fourth-order valence-electron chi connectivity index (χ4n) is 5.27. The van der Waals surface area contributed by atoms with Gasteiger partial charge in [0, 0.05) is 22.1 Å². The molecule has 0 spiro atoms. The number of fused-ring (bicyclic) bond motifs is 1. The quantitative estimate of drug-likeness (QED) is 0.206. The standard InChI is InChI=1S/C38H24N4/c1-39-32-24-22-27(23-25-32)26-18-20-28(21-19-26)33-16-8-14-29-15-9-17-34(35(29)33)38-41-36(30-10-4-2-5-11-30)40-37(42-38)31-12-6-3-7-13-31/h2-25H. The Morgan fingerprint density at radius 1 is 0.381 bits per heavy atom. The van der Waals surface area contributed by atoms with Crippen LogP contribution in [0.4, 0.5) is 5.69 Å². The van der Waals surface area contributed by atoms with Gasteiger partial charge in [-0.05, 0) is 27.6 Å². The van der Waals surface area contributed by atoms with Gasteiger partial charge in [0.1, 0.15) is 0 Å². The lowest BCUT2D eigenvalue weighted by Crippen LogP contribution is -2.00. The van der Waals surface area contributed by atoms with Crippen molar-refractivity contribution in [3.05, 3.63) is 157 Å². The molecule has 0 bridgehead atoms. The molecule has 0 aliphatic rings. The van der Waals surface area contributed by atoms with Gasteiger partial charge >= 0.3 is 0 Å². The van der Waals surface area contributed by atoms with Gasteiger partial charge in [0.25, 0.3) is 0 Å². The minimum Gasteiger partial charge on any atom is -0.238 e. The van der Waals surface area contributed by atoms with Crippen molar-refractivity contribution in [2.24, 2.45) is 0 Å². The van der Waals surface area contributed by atoms with Crippen LogP contribution < -0.4 is 0 Å². The minimum atomic E-state index is 0.636. The fraction of sp³-hybridized carbons (Fsp3) is 0. The summed E-state index contributed by atoms with van der Waals surface area (Å²) in [7, 11) is 0. The highest BCUT2D eigenvalue weighted by Crippen LogP contribution is 2.37. The van der Waals surface area contributed by atoms with E-state index in [1.807, 2.05) is 84.9 Å². The molecule has 196 valence electrons. The summed E-state index contributed by atoms with van der Waals surface area (Å²) in [4.78, 5) is 18.4. The predicted octanol–water partition coefficient (Wildman–Crippen LogP) is 9.91. The third-order valence-corrected chi connectivity index (χ3v) is 7.37. The van der Waals surface area contributed by atoms with Crippen molar-refractivity contribution in [2.75, 3.05) is 0 Å². The molecule has 0 amide bonds. The first-order valence-corrected chi connectivity index (χ1v) is 13.7. The van der Waals surface area contributed by atoms with Crippen molar-refractivity contribution in [1.82, 2.24) is 15.0 Å². The van der Waals surface area contributed by atoms with Crippen LogP contribution >= 0.6 is 0 Å². The summed E-state index contributed by atoms with van der Waals surface area (Å²) in [6.07, 6.45) is 0. The zero-order valence-corrected chi connectivity index (χ0v) is 22.6. The van der Waals surface area contributed by atoms with Gasteiger partial charge in [-0.25, -0.2) is 19.8 Å². The summed E-state index contributed by atoms with van der Waals surface area (Å²) in [5.41, 5.74) is 7.89. The van der Waals surface area contributed by atoms with Gasteiger partial charge in [-0.15, -0.1) is 0 Å². The van der Waals surface area contributed by atoms with E-state index in [-0.39, 0.29) is 0 Å². The maximum Gasteiger partial charge on any atom is 0.187 e. The molecule has 0 aliphatic carbocycles. The number of hydrogen-bond acceptors (Lipinski definition) is 3. The Hall–Kier alpha value is -5.92. The van der Waals surface area contributed by atoms with Crippen molar-refractivity contribution < 1.29 is 0 Å². The first-order chi connectivity index (χ1) is 20.8. The van der Waals surface area contributed by atoms with E-state index in [2.05, 4.69) is 65.5 Å². The fourth-order valence-corrected chi connectivity index (χ4v) is 5.27. The Labute approximate surface area is 244 Å². The van der Waals surface area contributed by atoms with Gasteiger partial charge in [0.05, 0.1) is 6.57 Å². The second-order valence-corrected chi connectivity index (χ2v) is 9.98. The molecular formula is C38H24N4. The number of benzene rings is 6. The van der Waals surface area contributed by atoms with E-state index in [9.17, 15) is 0 Å². The monoisotopic (exact) mass is 536 g/mol. The van der Waals surface area contributed by atoms with Crippen molar-refractivity contribution in [3.63, 3.8) is 0 Å². The Bertz CT molecular complexity index is 2000. The molecule has 0 aliphatic heterocycles. The van der Waals surface area contributed by atoms with Gasteiger partial charge in [-0.3, -0.25) is 0 Å². The highest BCUT2D eigenvalue weighted by atomic mass is 15.0. The third kappa shape index (κ3) is 4.81. The molecule has 1 aromatic heterocycles. The molecule has 0 unspecified atom stereocenters. The molecule has 7 aromatic rings. The zero-order chi connectivity index (χ0) is 28.3. The molecule has 0 saturated heterocycles. The number of rotatable bonds is 5. The van der Waals surface area contributed by atoms with Crippen molar-refractivity contribution >= 4 is 16.5 Å². The minimum absolute atomic E-state index is 0.636. The maximum absolute atomic E-state index is 7.21. The van der Waals surface area contributed by atoms with E-state index in [1.54, 1.807) is 0 Å². The molecule has 42 heavy (non-hydrogen) atoms. The largest absolute Gasteiger partial charge is 0.238 e. The van der Waals surface area contributed by atoms with E-state index in [0.29, 0.717) is 23.2 Å². The molecule has 4 nitrogen and oxygen atoms in total. The van der Waals surface area contributed by atoms with Gasteiger partial charge < -0.3 is 0 Å². The highest BCUT2D eigenvalue weighted by Gasteiger charge is 2.16. The molecule has 1 heterocycles. The molecule has 0 radical (unpaired) electrons. The summed E-state index contributed by atoms with van der Waals surface area (Å²) in [5.74, 6) is 1.92. The lowest BCUT2D eigenvalue weighted by Gasteiger charge is -2.14. The smallest absolute Gasteiger partial charge is 0.187 e. The summed E-state index contributed by atoms with van der Waals surface area (Å²) in [6.45, 7) is 7.21. The Morgan fingerprint density at radius 3 is 1.40 bits per heavy atom. The van der Waals surface area contributed by atoms with Crippen LogP contribution in [-0.2, 0) is 0 Å². The van der Waals surface area contributed by atoms with Gasteiger partial charge in [0.2, 0.25) is 0 Å². The van der Waals surface area contributed by atoms with Gasteiger partial charge in [-0.2, -0.15) is 0 Å². The van der Waals surface area contributed by atoms with Crippen LogP contribution in [0.3, 0.4) is 0 Å². The summed E-state index contributed by atoms with van der Waals surface area (Å²) in [6, 6.07) is 49.0. The lowest BCUT2D eigenvalue weighted by atomic mass is 9.93. The van der Waals surface area contributed by atoms with Crippen LogP contribution in [0, 0.1) is 6.57 Å². The molecule has 4 heteroatoms. The summed E-state index contributed by atoms with van der Waals surface area (Å²) in [5, 5.41) is 2.21. The van der Waals surface area contributed by atoms with E-state index in [0.717, 1.165) is 49.7 Å². The molecular weight excluding hydrogens is 512 g/mol. The molecule has 0 saturated carbocycles. The molecule has 0 atom stereocenters. The topological polar surface area (TPSA) is 43.0 Å². The highest BCUT2D eigenvalue weighted by molar-refractivity contribution is 6.05. The first kappa shape index (κ1) is 25.1. The molecule has 7 rings (SSSR count). The second-order valence-electron chi connectivity index (χ2n) is 9.98. The average Bonchev–Trinajstić information content (AvgIpc) is 3.08. The molecule has 0 N–H and O–H groups in total. The first-order valence-electron chi connectivity index (χ1n) is 13.7. The molecule has 0 fully saturated rings. The van der Waals surface area contributed by atoms with Crippen molar-refractivity contribution in [3.8, 4) is 56.4 Å². The van der Waals surface area contributed by atoms with Crippen LogP contribution in [0.25, 0.3) is 72.0 Å². The zero-order valence-electron chi connectivity index (χ0n) is 22.6. The predicted molar refractivity (Wildman–Crippen MR) is 171 cm³/mol. The molecule has 6 aromatic carbocycles. The van der Waals surface area contributed by atoms with Crippen LogP contribution in [-0.4, -0.2) is 15.0 Å². The SMILES string of the molecule is [C-]#[N+]c1ccc(-c2ccc(-c3cccc4cccc(-c5nc(-c6ccccc6)nc(-c6ccccc6)n5)c34)cc2)cc1. The summed E-state index contributed by atoms with van der Waals surface area (Å²) < 4.78 is 0. The van der Waals surface area contributed by atoms with E-state index in [1.165, 1.54) is 0 Å². The van der Waals surface area contributed by atoms with Crippen LogP contribution in [0.1, 0.15) is 0 Å². The van der Waals surface area contributed by atoms with Crippen molar-refractivity contribution in [1.29, 1.82) is 0 Å². The van der Waals surface area contributed by atoms with Crippen LogP contribution in [0.15, 0.2) is 146 Å². The number of hydrogen-bond donors (Lipinski definition) is 0. The van der Waals surface area contributed by atoms with E-state index >= 15 is 0 Å². The number of nitrogens with zero attached hydrogens (tertiary/aromatic N) is 4. The Kier molecular flexibility index (Phi) is 6.52. The lowest BCUT2D eigenvalue weighted by molar-refractivity contribution is 1.08. The summed E-state index contributed by atoms with van der Waals surface area (Å²) >= 11 is 0. The third-order valence-electron chi connectivity index (χ3n) is 7.37. The number of aromatic nitrogens is 3. The van der Waals surface area contributed by atoms with Gasteiger partial charge in [0.15, 0.2) is 23.2 Å². The van der Waals surface area contributed by atoms with E-state index < -0.39 is 0 Å². The van der Waals surface area contributed by atoms with Gasteiger partial charge in [-0.1, -0.05) is 146 Å². The Morgan fingerprint density at radius 2 is 0.857 bits per heavy atom. The van der Waals surface area contributed by atoms with Crippen LogP contribution in [0.2, 0.25) is 0 Å². The van der Waals surface area contributed by atoms with Crippen LogP contribution in [0.5, 0.6) is 0 Å². The van der Waals surface area contributed by atoms with Crippen molar-refractivity contribution in [2.45, 2.75) is 0 Å². The maximum atomic E-state index is 7.21. The normalized spacial score (nSPS) is 10.8. The van der Waals surface area contributed by atoms with E-state index in [4.69, 9.17) is 21.5 Å². The Balaban J connectivity index is 1.39. The second kappa shape index (κ2) is 10.9. The average molecular weight is 537 g/mol.